The van der Waals surface area contributed by atoms with Crippen LogP contribution < -0.4 is 10.6 Å². The van der Waals surface area contributed by atoms with E-state index in [1.165, 1.54) is 17.8 Å². The Morgan fingerprint density at radius 3 is 2.40 bits per heavy atom. The molecule has 3 aromatic rings. The van der Waals surface area contributed by atoms with E-state index < -0.39 is 15.8 Å². The molecule has 0 fully saturated rings. The number of carbonyl (C=O) groups is 2. The highest BCUT2D eigenvalue weighted by atomic mass is 79.9. The largest absolute Gasteiger partial charge is 0.480 e. The van der Waals surface area contributed by atoms with E-state index in [2.05, 4.69) is 42.5 Å². The summed E-state index contributed by atoms with van der Waals surface area (Å²) in [7, 11) is -3.66. The number of nitrogens with one attached hydrogen (secondary N) is 2. The average Bonchev–Trinajstić information content (AvgIpc) is 2.81. The lowest BCUT2D eigenvalue weighted by atomic mass is 10.2. The number of rotatable bonds is 7. The SMILES string of the molecule is O=C(O)CNc1ccc(/C=C2\Sc3ccc(S(=O)(=O)Cc4c(Br)cccc4Br)cc3NC2=O)cc1. The standard InChI is InChI=1S/C24H18Br2N2O5S2/c25-18-2-1-3-19(26)17(18)13-35(32,33)16-8-9-21-20(11-16)28-24(31)22(34-21)10-14-4-6-15(7-5-14)27-12-23(29)30/h1-11,27H,12-13H2,(H,28,31)(H,29,30)/b22-10-. The maximum atomic E-state index is 13.1. The number of amides is 1. The predicted molar refractivity (Wildman–Crippen MR) is 144 cm³/mol. The van der Waals surface area contributed by atoms with Gasteiger partial charge in [-0.05, 0) is 59.7 Å². The minimum Gasteiger partial charge on any atom is -0.480 e. The van der Waals surface area contributed by atoms with Crippen molar-refractivity contribution < 1.29 is 23.1 Å². The van der Waals surface area contributed by atoms with Crippen molar-refractivity contribution in [2.24, 2.45) is 0 Å². The van der Waals surface area contributed by atoms with Crippen LogP contribution in [0.3, 0.4) is 0 Å². The van der Waals surface area contributed by atoms with Crippen molar-refractivity contribution in [3.63, 3.8) is 0 Å². The van der Waals surface area contributed by atoms with Crippen molar-refractivity contribution in [1.82, 2.24) is 0 Å². The molecule has 1 heterocycles. The summed E-state index contributed by atoms with van der Waals surface area (Å²) in [5, 5.41) is 14.3. The molecule has 0 saturated carbocycles. The highest BCUT2D eigenvalue weighted by Crippen LogP contribution is 2.40. The molecule has 0 spiro atoms. The summed E-state index contributed by atoms with van der Waals surface area (Å²) >= 11 is 8.06. The van der Waals surface area contributed by atoms with Gasteiger partial charge in [0.25, 0.3) is 5.91 Å². The van der Waals surface area contributed by atoms with Crippen LogP contribution in [0.25, 0.3) is 6.08 Å². The number of halogens is 2. The lowest BCUT2D eigenvalue weighted by molar-refractivity contribution is -0.134. The molecule has 1 aliphatic rings. The van der Waals surface area contributed by atoms with Crippen molar-refractivity contribution in [2.75, 3.05) is 17.2 Å². The van der Waals surface area contributed by atoms with Crippen LogP contribution >= 0.6 is 43.6 Å². The van der Waals surface area contributed by atoms with Crippen LogP contribution in [0.15, 0.2) is 84.3 Å². The first-order chi connectivity index (χ1) is 16.6. The molecule has 0 aliphatic carbocycles. The van der Waals surface area contributed by atoms with E-state index in [0.29, 0.717) is 30.8 Å². The molecular formula is C24H18Br2N2O5S2. The number of carboxylic acids is 1. The zero-order chi connectivity index (χ0) is 25.2. The maximum Gasteiger partial charge on any atom is 0.322 e. The Hall–Kier alpha value is -2.60. The fraction of sp³-hybridized carbons (Fsp3) is 0.0833. The number of carbonyl (C=O) groups excluding carboxylic acids is 1. The first kappa shape index (κ1) is 25.5. The van der Waals surface area contributed by atoms with Gasteiger partial charge < -0.3 is 15.7 Å². The number of fused-ring (bicyclic) bond motifs is 1. The van der Waals surface area contributed by atoms with Crippen molar-refractivity contribution in [2.45, 2.75) is 15.5 Å². The van der Waals surface area contributed by atoms with E-state index in [-0.39, 0.29) is 23.1 Å². The third kappa shape index (κ3) is 6.16. The van der Waals surface area contributed by atoms with E-state index >= 15 is 0 Å². The number of sulfone groups is 1. The van der Waals surface area contributed by atoms with Gasteiger partial charge in [0.1, 0.15) is 6.54 Å². The molecule has 0 saturated heterocycles. The first-order valence-electron chi connectivity index (χ1n) is 10.2. The molecule has 0 aromatic heterocycles. The van der Waals surface area contributed by atoms with Crippen LogP contribution in [-0.4, -0.2) is 31.9 Å². The molecule has 0 atom stereocenters. The third-order valence-corrected chi connectivity index (χ3v) is 9.28. The van der Waals surface area contributed by atoms with Gasteiger partial charge in [-0.2, -0.15) is 0 Å². The van der Waals surface area contributed by atoms with Crippen LogP contribution in [0.4, 0.5) is 11.4 Å². The number of anilines is 2. The molecule has 35 heavy (non-hydrogen) atoms. The summed E-state index contributed by atoms with van der Waals surface area (Å²) in [6.45, 7) is -0.187. The van der Waals surface area contributed by atoms with Gasteiger partial charge in [-0.15, -0.1) is 0 Å². The predicted octanol–water partition coefficient (Wildman–Crippen LogP) is 5.77. The van der Waals surface area contributed by atoms with Crippen molar-refractivity contribution >= 4 is 82.8 Å². The van der Waals surface area contributed by atoms with E-state index in [0.717, 1.165) is 10.5 Å². The lowest BCUT2D eigenvalue weighted by Crippen LogP contribution is -2.18. The summed E-state index contributed by atoms with van der Waals surface area (Å²) in [4.78, 5) is 24.7. The fourth-order valence-electron chi connectivity index (χ4n) is 3.30. The van der Waals surface area contributed by atoms with Crippen molar-refractivity contribution in [1.29, 1.82) is 0 Å². The highest BCUT2D eigenvalue weighted by Gasteiger charge is 2.25. The molecular weight excluding hydrogens is 620 g/mol. The Bertz CT molecular complexity index is 1430. The summed E-state index contributed by atoms with van der Waals surface area (Å²) in [6.07, 6.45) is 1.72. The molecule has 11 heteroatoms. The molecule has 4 rings (SSSR count). The van der Waals surface area contributed by atoms with Crippen LogP contribution in [-0.2, 0) is 25.2 Å². The molecule has 1 amide bonds. The second-order valence-corrected chi connectivity index (χ2v) is 12.3. The summed E-state index contributed by atoms with van der Waals surface area (Å²) in [5.41, 5.74) is 2.49. The molecule has 0 radical (unpaired) electrons. The van der Waals surface area contributed by atoms with Gasteiger partial charge in [0, 0.05) is 19.5 Å². The summed E-state index contributed by atoms with van der Waals surface area (Å²) < 4.78 is 27.5. The van der Waals surface area contributed by atoms with E-state index in [1.807, 2.05) is 6.07 Å². The normalized spacial score (nSPS) is 14.3. The van der Waals surface area contributed by atoms with Gasteiger partial charge in [0.2, 0.25) is 0 Å². The van der Waals surface area contributed by atoms with E-state index in [1.54, 1.807) is 54.6 Å². The Labute approximate surface area is 223 Å². The third-order valence-electron chi connectivity index (χ3n) is 5.05. The molecule has 180 valence electrons. The van der Waals surface area contributed by atoms with Crippen molar-refractivity contribution in [3.8, 4) is 0 Å². The zero-order valence-corrected chi connectivity index (χ0v) is 22.7. The molecule has 3 aromatic carbocycles. The molecule has 3 N–H and O–H groups in total. The quantitative estimate of drug-likeness (QED) is 0.282. The van der Waals surface area contributed by atoms with Crippen molar-refractivity contribution in [3.05, 3.63) is 85.6 Å². The number of benzene rings is 3. The lowest BCUT2D eigenvalue weighted by Gasteiger charge is -2.20. The molecule has 7 nitrogen and oxygen atoms in total. The number of carboxylic acid groups (broad SMARTS) is 1. The van der Waals surface area contributed by atoms with Crippen LogP contribution in [0.2, 0.25) is 0 Å². The van der Waals surface area contributed by atoms with Crippen LogP contribution in [0, 0.1) is 0 Å². The van der Waals surface area contributed by atoms with Gasteiger partial charge >= 0.3 is 5.97 Å². The second-order valence-electron chi connectivity index (χ2n) is 7.55. The topological polar surface area (TPSA) is 113 Å². The Kier molecular flexibility index (Phi) is 7.70. The molecule has 1 aliphatic heterocycles. The summed E-state index contributed by atoms with van der Waals surface area (Å²) in [5.74, 6) is -1.49. The minimum absolute atomic E-state index is 0.122. The van der Waals surface area contributed by atoms with E-state index in [9.17, 15) is 18.0 Å². The number of thioether (sulfide) groups is 1. The average molecular weight is 638 g/mol. The van der Waals surface area contributed by atoms with Crippen LogP contribution in [0.5, 0.6) is 0 Å². The zero-order valence-electron chi connectivity index (χ0n) is 17.9. The van der Waals surface area contributed by atoms with Gasteiger partial charge in [-0.1, -0.05) is 61.8 Å². The van der Waals surface area contributed by atoms with Gasteiger partial charge in [0.05, 0.1) is 21.2 Å². The minimum atomic E-state index is -3.66. The Morgan fingerprint density at radius 1 is 1.06 bits per heavy atom. The summed E-state index contributed by atoms with van der Waals surface area (Å²) in [6, 6.07) is 17.1. The first-order valence-corrected chi connectivity index (χ1v) is 14.2. The van der Waals surface area contributed by atoms with E-state index in [4.69, 9.17) is 5.11 Å². The Morgan fingerprint density at radius 2 is 1.74 bits per heavy atom. The maximum absolute atomic E-state index is 13.1. The number of hydrogen-bond donors (Lipinski definition) is 3. The fourth-order valence-corrected chi connectivity index (χ4v) is 7.31. The van der Waals surface area contributed by atoms with Gasteiger partial charge in [0.15, 0.2) is 9.84 Å². The van der Waals surface area contributed by atoms with Gasteiger partial charge in [-0.3, -0.25) is 9.59 Å². The molecule has 0 bridgehead atoms. The Balaban J connectivity index is 1.53. The smallest absolute Gasteiger partial charge is 0.322 e. The number of aliphatic carboxylic acids is 1. The monoisotopic (exact) mass is 636 g/mol. The number of hydrogen-bond acceptors (Lipinski definition) is 6. The van der Waals surface area contributed by atoms with Gasteiger partial charge in [-0.25, -0.2) is 8.42 Å². The van der Waals surface area contributed by atoms with Crippen LogP contribution in [0.1, 0.15) is 11.1 Å². The molecule has 0 unspecified atom stereocenters. The second kappa shape index (κ2) is 10.6. The highest BCUT2D eigenvalue weighted by molar-refractivity contribution is 9.11.